The van der Waals surface area contributed by atoms with Gasteiger partial charge in [-0.3, -0.25) is 13.7 Å². The second kappa shape index (κ2) is 10.3. The van der Waals surface area contributed by atoms with Gasteiger partial charge >= 0.3 is 15.2 Å². The summed E-state index contributed by atoms with van der Waals surface area (Å²) in [5.74, 6) is -3.90. The molecule has 3 aromatic rings. The van der Waals surface area contributed by atoms with E-state index in [0.29, 0.717) is 12.4 Å². The zero-order chi connectivity index (χ0) is 27.0. The van der Waals surface area contributed by atoms with Crippen LogP contribution in [0.4, 0.5) is 5.82 Å². The van der Waals surface area contributed by atoms with E-state index in [1.165, 1.54) is 17.0 Å². The number of nitrogens with one attached hydrogen (secondary N) is 1. The van der Waals surface area contributed by atoms with Gasteiger partial charge in [0.2, 0.25) is 5.79 Å². The van der Waals surface area contributed by atoms with Crippen LogP contribution in [0.2, 0.25) is 0 Å². The lowest BCUT2D eigenvalue weighted by Crippen LogP contribution is -2.49. The number of benzene rings is 1. The Balaban J connectivity index is 1.59. The molecule has 0 bridgehead atoms. The number of ether oxygens (including phenoxy) is 1. The molecule has 4 atom stereocenters. The molecule has 15 nitrogen and oxygen atoms in total. The molecule has 37 heavy (non-hydrogen) atoms. The number of anilines is 1. The number of imidazole rings is 1. The van der Waals surface area contributed by atoms with E-state index in [9.17, 15) is 29.3 Å². The van der Waals surface area contributed by atoms with Gasteiger partial charge in [-0.25, -0.2) is 15.0 Å². The molecule has 7 N–H and O–H groups in total. The molecule has 4 rings (SSSR count). The fraction of sp³-hybridized carbons (Fsp3) is 0.350. The number of aromatic nitrogens is 4. The van der Waals surface area contributed by atoms with Gasteiger partial charge in [0, 0.05) is 6.54 Å². The molecule has 1 unspecified atom stereocenters. The molecular weight excluding hydrogens is 532 g/mol. The van der Waals surface area contributed by atoms with Gasteiger partial charge in [-0.2, -0.15) is 0 Å². The first-order valence-corrected chi connectivity index (χ1v) is 14.3. The Bertz CT molecular complexity index is 1380. The van der Waals surface area contributed by atoms with E-state index in [2.05, 4.69) is 31.4 Å². The predicted molar refractivity (Wildman–Crippen MR) is 129 cm³/mol. The summed E-state index contributed by atoms with van der Waals surface area (Å²) in [5.41, 5.74) is 1.40. The van der Waals surface area contributed by atoms with Crippen LogP contribution in [0.3, 0.4) is 0 Å². The number of hydrogen-bond acceptors (Lipinski definition) is 11. The third-order valence-electron chi connectivity index (χ3n) is 5.47. The first-order chi connectivity index (χ1) is 17.3. The van der Waals surface area contributed by atoms with E-state index in [-0.39, 0.29) is 17.0 Å². The lowest BCUT2D eigenvalue weighted by molar-refractivity contribution is -0.234. The monoisotopic (exact) mass is 557 g/mol. The van der Waals surface area contributed by atoms with Crippen LogP contribution >= 0.6 is 15.2 Å². The minimum atomic E-state index is -4.90. The van der Waals surface area contributed by atoms with Gasteiger partial charge in [0.05, 0.1) is 12.9 Å². The third-order valence-corrected chi connectivity index (χ3v) is 8.93. The summed E-state index contributed by atoms with van der Waals surface area (Å²) >= 11 is 0. The maximum Gasteiger partial charge on any atom is 0.340 e. The molecule has 1 fully saturated rings. The van der Waals surface area contributed by atoms with Gasteiger partial charge in [-0.15, -0.1) is 0 Å². The Kier molecular flexibility index (Phi) is 7.66. The first-order valence-electron chi connectivity index (χ1n) is 10.7. The normalized spacial score (nSPS) is 23.1. The van der Waals surface area contributed by atoms with Crippen LogP contribution < -0.4 is 5.32 Å². The van der Waals surface area contributed by atoms with Crippen molar-refractivity contribution in [1.29, 1.82) is 0 Å². The van der Waals surface area contributed by atoms with Gasteiger partial charge in [-0.1, -0.05) is 36.9 Å². The van der Waals surface area contributed by atoms with Gasteiger partial charge in [0.1, 0.15) is 6.10 Å². The molecule has 1 saturated heterocycles. The first kappa shape index (κ1) is 27.5. The lowest BCUT2D eigenvalue weighted by Gasteiger charge is -2.25. The molecule has 1 aromatic carbocycles. The topological polar surface area (TPSA) is 230 Å². The SMILES string of the molecule is C=Cc1nc(NCc2ccccc2)c2ncn([C@@H]3O[C@H](COP(=O)(O)CP(=O)(O)O)C(O)(O)[C@H]3O)c2n1. The minimum absolute atomic E-state index is 0.149. The highest BCUT2D eigenvalue weighted by molar-refractivity contribution is 7.70. The standard InChI is InChI=1S/C20H25N5O10P2/c1-2-14-23-17(21-8-12-6-4-3-5-7-12)15-18(24-14)25(10-22-15)19-16(26)20(27,28)13(35-19)9-34-37(32,33)11-36(29,30)31/h2-7,10,13,16,19,26-28H,1,8-9,11H2,(H,32,33)(H,21,23,24)(H2,29,30,31)/t13-,16+,19-/m1/s1. The number of aliphatic hydroxyl groups excluding tert-OH is 1. The van der Waals surface area contributed by atoms with E-state index in [1.807, 2.05) is 30.3 Å². The smallest absolute Gasteiger partial charge is 0.340 e. The maximum atomic E-state index is 11.9. The predicted octanol–water partition coefficient (Wildman–Crippen LogP) is 0.358. The summed E-state index contributed by atoms with van der Waals surface area (Å²) in [4.78, 5) is 40.5. The summed E-state index contributed by atoms with van der Waals surface area (Å²) in [6.45, 7) is 3.10. The fourth-order valence-electron chi connectivity index (χ4n) is 3.70. The Morgan fingerprint density at radius 1 is 1.19 bits per heavy atom. The van der Waals surface area contributed by atoms with Crippen molar-refractivity contribution in [1.82, 2.24) is 19.5 Å². The van der Waals surface area contributed by atoms with Crippen molar-refractivity contribution < 1.29 is 48.4 Å². The molecule has 0 saturated carbocycles. The van der Waals surface area contributed by atoms with Crippen molar-refractivity contribution in [3.8, 4) is 0 Å². The van der Waals surface area contributed by atoms with Crippen LogP contribution in [-0.4, -0.2) is 80.0 Å². The van der Waals surface area contributed by atoms with Crippen LogP contribution in [0.15, 0.2) is 43.2 Å². The minimum Gasteiger partial charge on any atom is -0.383 e. The summed E-state index contributed by atoms with van der Waals surface area (Å²) in [6.07, 6.45) is -2.64. The molecule has 1 aliphatic rings. The zero-order valence-corrected chi connectivity index (χ0v) is 20.9. The molecular formula is C20H25N5O10P2. The van der Waals surface area contributed by atoms with E-state index in [1.54, 1.807) is 0 Å². The second-order valence-corrected chi connectivity index (χ2v) is 12.3. The van der Waals surface area contributed by atoms with Crippen LogP contribution in [-0.2, 0) is 24.9 Å². The van der Waals surface area contributed by atoms with Crippen LogP contribution in [0.25, 0.3) is 17.2 Å². The Labute approximate surface area is 209 Å². The number of nitrogens with zero attached hydrogens (tertiary/aromatic N) is 4. The molecule has 0 spiro atoms. The summed E-state index contributed by atoms with van der Waals surface area (Å²) in [6, 6.07) is 9.47. The molecule has 0 aliphatic carbocycles. The largest absolute Gasteiger partial charge is 0.383 e. The molecule has 0 amide bonds. The zero-order valence-electron chi connectivity index (χ0n) is 19.1. The Morgan fingerprint density at radius 3 is 2.54 bits per heavy atom. The maximum absolute atomic E-state index is 11.9. The highest BCUT2D eigenvalue weighted by Gasteiger charge is 2.56. The van der Waals surface area contributed by atoms with Crippen molar-refractivity contribution in [3.05, 3.63) is 54.6 Å². The molecule has 200 valence electrons. The average molecular weight is 557 g/mol. The molecule has 1 aliphatic heterocycles. The van der Waals surface area contributed by atoms with Gasteiger partial charge in [0.15, 0.2) is 41.0 Å². The Morgan fingerprint density at radius 2 is 1.89 bits per heavy atom. The molecule has 2 aromatic heterocycles. The van der Waals surface area contributed by atoms with Crippen molar-refractivity contribution in [2.24, 2.45) is 0 Å². The van der Waals surface area contributed by atoms with Crippen LogP contribution in [0, 0.1) is 0 Å². The van der Waals surface area contributed by atoms with E-state index in [0.717, 1.165) is 5.56 Å². The summed E-state index contributed by atoms with van der Waals surface area (Å²) in [7, 11) is -9.72. The van der Waals surface area contributed by atoms with Crippen molar-refractivity contribution >= 4 is 38.2 Å². The molecule has 17 heteroatoms. The highest BCUT2D eigenvalue weighted by atomic mass is 31.2. The summed E-state index contributed by atoms with van der Waals surface area (Å²) in [5, 5.41) is 34.7. The van der Waals surface area contributed by atoms with Crippen LogP contribution in [0.5, 0.6) is 0 Å². The van der Waals surface area contributed by atoms with Crippen molar-refractivity contribution in [2.75, 3.05) is 17.8 Å². The van der Waals surface area contributed by atoms with E-state index < -0.39 is 51.9 Å². The highest BCUT2D eigenvalue weighted by Crippen LogP contribution is 2.55. The number of hydrogen-bond donors (Lipinski definition) is 7. The van der Waals surface area contributed by atoms with E-state index >= 15 is 0 Å². The van der Waals surface area contributed by atoms with Crippen molar-refractivity contribution in [3.63, 3.8) is 0 Å². The summed E-state index contributed by atoms with van der Waals surface area (Å²) < 4.78 is 34.4. The van der Waals surface area contributed by atoms with E-state index in [4.69, 9.17) is 14.5 Å². The number of fused-ring (bicyclic) bond motifs is 1. The van der Waals surface area contributed by atoms with Crippen molar-refractivity contribution in [2.45, 2.75) is 30.8 Å². The van der Waals surface area contributed by atoms with Crippen LogP contribution in [0.1, 0.15) is 17.6 Å². The quantitative estimate of drug-likeness (QED) is 0.132. The second-order valence-electron chi connectivity index (χ2n) is 8.28. The molecule has 0 radical (unpaired) electrons. The Hall–Kier alpha value is -2.55. The van der Waals surface area contributed by atoms with Gasteiger partial charge in [0.25, 0.3) is 0 Å². The van der Waals surface area contributed by atoms with Gasteiger partial charge < -0.3 is 44.6 Å². The lowest BCUT2D eigenvalue weighted by atomic mass is 10.1. The number of rotatable bonds is 10. The third kappa shape index (κ3) is 6.13. The van der Waals surface area contributed by atoms with Gasteiger partial charge in [-0.05, 0) is 11.6 Å². The fourth-order valence-corrected chi connectivity index (χ4v) is 6.25. The number of aliphatic hydroxyl groups is 3. The average Bonchev–Trinajstić information content (AvgIpc) is 3.33. The molecule has 3 heterocycles.